The van der Waals surface area contributed by atoms with Gasteiger partial charge in [-0.05, 0) is 18.1 Å². The molecule has 0 spiro atoms. The van der Waals surface area contributed by atoms with Crippen LogP contribution in [0.3, 0.4) is 0 Å². The van der Waals surface area contributed by atoms with Gasteiger partial charge in [0, 0.05) is 38.3 Å². The summed E-state index contributed by atoms with van der Waals surface area (Å²) in [6.07, 6.45) is 3.87. The third kappa shape index (κ3) is 4.68. The normalized spacial score (nSPS) is 14.7. The van der Waals surface area contributed by atoms with E-state index in [9.17, 15) is 4.79 Å². The van der Waals surface area contributed by atoms with E-state index in [1.54, 1.807) is 12.4 Å². The molecular weight excluding hydrogens is 314 g/mol. The highest BCUT2D eigenvalue weighted by atomic mass is 16.1. The SMILES string of the molecule is CC(C)CC(=O)Nc1cnc(N2CCN(c3ccccc3)CC2)nc1. The Morgan fingerprint density at radius 3 is 2.24 bits per heavy atom. The highest BCUT2D eigenvalue weighted by molar-refractivity contribution is 5.90. The van der Waals surface area contributed by atoms with Crippen LogP contribution >= 0.6 is 0 Å². The molecule has 2 heterocycles. The quantitative estimate of drug-likeness (QED) is 0.908. The standard InChI is InChI=1S/C19H25N5O/c1-15(2)12-18(25)22-16-13-20-19(21-14-16)24-10-8-23(9-11-24)17-6-4-3-5-7-17/h3-7,13-15H,8-12H2,1-2H3,(H,22,25). The lowest BCUT2D eigenvalue weighted by molar-refractivity contribution is -0.116. The molecular formula is C19H25N5O. The Bertz CT molecular complexity index is 679. The van der Waals surface area contributed by atoms with E-state index >= 15 is 0 Å². The van der Waals surface area contributed by atoms with Crippen LogP contribution in [0.25, 0.3) is 0 Å². The molecule has 6 heteroatoms. The van der Waals surface area contributed by atoms with E-state index in [4.69, 9.17) is 0 Å². The molecule has 3 rings (SSSR count). The molecule has 0 radical (unpaired) electrons. The molecule has 2 aromatic rings. The molecule has 0 atom stereocenters. The van der Waals surface area contributed by atoms with E-state index in [-0.39, 0.29) is 5.91 Å². The molecule has 0 bridgehead atoms. The third-order valence-corrected chi connectivity index (χ3v) is 4.20. The second kappa shape index (κ2) is 7.96. The monoisotopic (exact) mass is 339 g/mol. The molecule has 1 aromatic carbocycles. The Hall–Kier alpha value is -2.63. The van der Waals surface area contributed by atoms with Gasteiger partial charge in [0.25, 0.3) is 0 Å². The van der Waals surface area contributed by atoms with E-state index in [1.807, 2.05) is 19.9 Å². The van der Waals surface area contributed by atoms with E-state index in [1.165, 1.54) is 5.69 Å². The maximum atomic E-state index is 11.8. The number of hydrogen-bond donors (Lipinski definition) is 1. The number of nitrogens with zero attached hydrogens (tertiary/aromatic N) is 4. The van der Waals surface area contributed by atoms with Crippen molar-refractivity contribution in [1.29, 1.82) is 0 Å². The molecule has 0 unspecified atom stereocenters. The van der Waals surface area contributed by atoms with Crippen LogP contribution in [0.4, 0.5) is 17.3 Å². The summed E-state index contributed by atoms with van der Waals surface area (Å²) in [6, 6.07) is 10.4. The summed E-state index contributed by atoms with van der Waals surface area (Å²) in [4.78, 5) is 25.2. The highest BCUT2D eigenvalue weighted by Gasteiger charge is 2.19. The van der Waals surface area contributed by atoms with Crippen molar-refractivity contribution < 1.29 is 4.79 Å². The smallest absolute Gasteiger partial charge is 0.225 e. The highest BCUT2D eigenvalue weighted by Crippen LogP contribution is 2.18. The maximum Gasteiger partial charge on any atom is 0.225 e. The Kier molecular flexibility index (Phi) is 5.48. The fraction of sp³-hybridized carbons (Fsp3) is 0.421. The lowest BCUT2D eigenvalue weighted by atomic mass is 10.1. The van der Waals surface area contributed by atoms with Crippen molar-refractivity contribution in [3.63, 3.8) is 0 Å². The Labute approximate surface area is 148 Å². The zero-order valence-corrected chi connectivity index (χ0v) is 14.9. The second-order valence-corrected chi connectivity index (χ2v) is 6.73. The minimum absolute atomic E-state index is 0.00262. The van der Waals surface area contributed by atoms with Crippen LogP contribution in [-0.4, -0.2) is 42.1 Å². The number of aromatic nitrogens is 2. The van der Waals surface area contributed by atoms with Crippen molar-refractivity contribution in [2.24, 2.45) is 5.92 Å². The number of amides is 1. The summed E-state index contributed by atoms with van der Waals surface area (Å²) in [5, 5.41) is 2.84. The molecule has 0 aliphatic carbocycles. The van der Waals surface area contributed by atoms with Gasteiger partial charge in [-0.3, -0.25) is 4.79 Å². The van der Waals surface area contributed by atoms with Gasteiger partial charge in [0.1, 0.15) is 0 Å². The molecule has 0 saturated carbocycles. The summed E-state index contributed by atoms with van der Waals surface area (Å²) in [5.41, 5.74) is 1.91. The van der Waals surface area contributed by atoms with Crippen LogP contribution in [0.2, 0.25) is 0 Å². The number of nitrogens with one attached hydrogen (secondary N) is 1. The maximum absolute atomic E-state index is 11.8. The average Bonchev–Trinajstić information content (AvgIpc) is 2.62. The molecule has 25 heavy (non-hydrogen) atoms. The van der Waals surface area contributed by atoms with Crippen LogP contribution in [-0.2, 0) is 4.79 Å². The number of benzene rings is 1. The van der Waals surface area contributed by atoms with Crippen LogP contribution in [0, 0.1) is 5.92 Å². The topological polar surface area (TPSA) is 61.4 Å². The second-order valence-electron chi connectivity index (χ2n) is 6.73. The van der Waals surface area contributed by atoms with Gasteiger partial charge in [-0.15, -0.1) is 0 Å². The van der Waals surface area contributed by atoms with Crippen LogP contribution < -0.4 is 15.1 Å². The molecule has 6 nitrogen and oxygen atoms in total. The number of carbonyl (C=O) groups excluding carboxylic acids is 1. The zero-order valence-electron chi connectivity index (χ0n) is 14.9. The number of carbonyl (C=O) groups is 1. The first-order valence-corrected chi connectivity index (χ1v) is 8.78. The molecule has 1 amide bonds. The largest absolute Gasteiger partial charge is 0.368 e. The van der Waals surface area contributed by atoms with Crippen LogP contribution in [0.15, 0.2) is 42.7 Å². The summed E-state index contributed by atoms with van der Waals surface area (Å²) in [6.45, 7) is 7.70. The van der Waals surface area contributed by atoms with Crippen molar-refractivity contribution in [2.45, 2.75) is 20.3 Å². The van der Waals surface area contributed by atoms with Gasteiger partial charge >= 0.3 is 0 Å². The zero-order chi connectivity index (χ0) is 17.6. The predicted molar refractivity (Wildman–Crippen MR) is 101 cm³/mol. The number of piperazine rings is 1. The van der Waals surface area contributed by atoms with Gasteiger partial charge in [-0.1, -0.05) is 32.0 Å². The van der Waals surface area contributed by atoms with E-state index in [0.29, 0.717) is 18.0 Å². The third-order valence-electron chi connectivity index (χ3n) is 4.20. The van der Waals surface area contributed by atoms with Gasteiger partial charge in [0.15, 0.2) is 0 Å². The first-order valence-electron chi connectivity index (χ1n) is 8.78. The number of anilines is 3. The molecule has 1 N–H and O–H groups in total. The minimum atomic E-state index is 0.00262. The van der Waals surface area contributed by atoms with Crippen LogP contribution in [0.1, 0.15) is 20.3 Å². The van der Waals surface area contributed by atoms with Crippen LogP contribution in [0.5, 0.6) is 0 Å². The Morgan fingerprint density at radius 1 is 1.04 bits per heavy atom. The van der Waals surface area contributed by atoms with Gasteiger partial charge in [0.2, 0.25) is 11.9 Å². The number of para-hydroxylation sites is 1. The van der Waals surface area contributed by atoms with E-state index in [2.05, 4.69) is 49.4 Å². The predicted octanol–water partition coefficient (Wildman–Crippen LogP) is 2.79. The fourth-order valence-corrected chi connectivity index (χ4v) is 2.94. The minimum Gasteiger partial charge on any atom is -0.368 e. The van der Waals surface area contributed by atoms with E-state index < -0.39 is 0 Å². The van der Waals surface area contributed by atoms with Crippen molar-refractivity contribution in [1.82, 2.24) is 9.97 Å². The molecule has 1 aromatic heterocycles. The summed E-state index contributed by atoms with van der Waals surface area (Å²) in [7, 11) is 0. The summed E-state index contributed by atoms with van der Waals surface area (Å²) < 4.78 is 0. The molecule has 132 valence electrons. The van der Waals surface area contributed by atoms with E-state index in [0.717, 1.165) is 32.1 Å². The first-order chi connectivity index (χ1) is 12.1. The van der Waals surface area contributed by atoms with Crippen molar-refractivity contribution in [3.8, 4) is 0 Å². The van der Waals surface area contributed by atoms with Crippen molar-refractivity contribution in [2.75, 3.05) is 41.3 Å². The molecule has 1 aliphatic heterocycles. The van der Waals surface area contributed by atoms with Gasteiger partial charge < -0.3 is 15.1 Å². The van der Waals surface area contributed by atoms with Gasteiger partial charge in [-0.25, -0.2) is 9.97 Å². The van der Waals surface area contributed by atoms with Crippen molar-refractivity contribution >= 4 is 23.2 Å². The fourth-order valence-electron chi connectivity index (χ4n) is 2.94. The average molecular weight is 339 g/mol. The van der Waals surface area contributed by atoms with Gasteiger partial charge in [-0.2, -0.15) is 0 Å². The Balaban J connectivity index is 1.54. The summed E-state index contributed by atoms with van der Waals surface area (Å²) in [5.74, 6) is 1.05. The molecule has 1 saturated heterocycles. The first kappa shape index (κ1) is 17.2. The molecule has 1 aliphatic rings. The number of hydrogen-bond acceptors (Lipinski definition) is 5. The Morgan fingerprint density at radius 2 is 1.64 bits per heavy atom. The van der Waals surface area contributed by atoms with Crippen molar-refractivity contribution in [3.05, 3.63) is 42.7 Å². The number of rotatable bonds is 5. The lowest BCUT2D eigenvalue weighted by Crippen LogP contribution is -2.47. The lowest BCUT2D eigenvalue weighted by Gasteiger charge is -2.36. The molecule has 1 fully saturated rings. The van der Waals surface area contributed by atoms with Gasteiger partial charge in [0.05, 0.1) is 18.1 Å². The summed E-state index contributed by atoms with van der Waals surface area (Å²) >= 11 is 0.